The van der Waals surface area contributed by atoms with Crippen LogP contribution in [0.1, 0.15) is 30.0 Å². The second-order valence-corrected chi connectivity index (χ2v) is 7.69. The minimum atomic E-state index is -0.473. The Morgan fingerprint density at radius 3 is 2.43 bits per heavy atom. The lowest BCUT2D eigenvalue weighted by atomic mass is 9.86. The molecule has 3 saturated heterocycles. The Bertz CT molecular complexity index is 770. The Morgan fingerprint density at radius 1 is 1.11 bits per heavy atom. The average molecular weight is 380 g/mol. The number of rotatable bonds is 7. The van der Waals surface area contributed by atoms with Crippen molar-refractivity contribution in [2.24, 2.45) is 5.92 Å². The van der Waals surface area contributed by atoms with Crippen LogP contribution < -0.4 is 10.1 Å². The summed E-state index contributed by atoms with van der Waals surface area (Å²) in [6, 6.07) is 17.2. The number of benzene rings is 2. The van der Waals surface area contributed by atoms with Gasteiger partial charge in [-0.2, -0.15) is 0 Å². The number of fused-ring (bicyclic) bond motifs is 3. The maximum atomic E-state index is 13.1. The summed E-state index contributed by atoms with van der Waals surface area (Å²) in [5.41, 5.74) is 2.03. The maximum absolute atomic E-state index is 13.1. The molecule has 5 rings (SSSR count). The molecule has 2 aromatic carbocycles. The van der Waals surface area contributed by atoms with Gasteiger partial charge in [0.15, 0.2) is 0 Å². The largest absolute Gasteiger partial charge is 0.497 e. The van der Waals surface area contributed by atoms with Crippen molar-refractivity contribution in [3.05, 3.63) is 65.7 Å². The number of ether oxygens (including phenoxy) is 2. The molecule has 2 bridgehead atoms. The molecule has 0 amide bonds. The van der Waals surface area contributed by atoms with Crippen LogP contribution in [0.25, 0.3) is 0 Å². The first-order valence-corrected chi connectivity index (χ1v) is 10.1. The Hall–Kier alpha value is -2.37. The molecule has 0 aliphatic carbocycles. The zero-order valence-corrected chi connectivity index (χ0v) is 16.3. The molecule has 5 nitrogen and oxygen atoms in total. The highest BCUT2D eigenvalue weighted by Crippen LogP contribution is 2.30. The molecule has 0 spiro atoms. The van der Waals surface area contributed by atoms with Gasteiger partial charge < -0.3 is 9.47 Å². The van der Waals surface area contributed by atoms with Crippen LogP contribution in [0.15, 0.2) is 54.6 Å². The van der Waals surface area contributed by atoms with Gasteiger partial charge in [0.25, 0.3) is 0 Å². The molecule has 3 fully saturated rings. The predicted octanol–water partition coefficient (Wildman–Crippen LogP) is 3.16. The number of methoxy groups -OCH3 is 1. The molecule has 0 saturated carbocycles. The van der Waals surface area contributed by atoms with E-state index in [9.17, 15) is 4.79 Å². The zero-order valence-electron chi connectivity index (χ0n) is 16.3. The first kappa shape index (κ1) is 19.0. The van der Waals surface area contributed by atoms with E-state index in [0.29, 0.717) is 12.5 Å². The highest BCUT2D eigenvalue weighted by molar-refractivity contribution is 5.78. The molecule has 5 heteroatoms. The SMILES string of the molecule is COc1ccc(CNC(C(=O)O[C@H]2CN3CCC2CC3)c2ccccc2)cc1. The quantitative estimate of drug-likeness (QED) is 0.748. The van der Waals surface area contributed by atoms with Gasteiger partial charge in [-0.25, -0.2) is 4.79 Å². The van der Waals surface area contributed by atoms with E-state index in [1.807, 2.05) is 54.6 Å². The van der Waals surface area contributed by atoms with Crippen molar-refractivity contribution in [3.8, 4) is 5.75 Å². The smallest absolute Gasteiger partial charge is 0.328 e. The fourth-order valence-electron chi connectivity index (χ4n) is 4.21. The predicted molar refractivity (Wildman–Crippen MR) is 108 cm³/mol. The lowest BCUT2D eigenvalue weighted by Crippen LogP contribution is -2.52. The van der Waals surface area contributed by atoms with Crippen LogP contribution in [-0.2, 0) is 16.1 Å². The normalized spacial score (nSPS) is 24.5. The zero-order chi connectivity index (χ0) is 19.3. The summed E-state index contributed by atoms with van der Waals surface area (Å²) in [5.74, 6) is 1.15. The molecule has 2 aromatic rings. The number of carbonyl (C=O) groups excluding carboxylic acids is 1. The Morgan fingerprint density at radius 2 is 1.82 bits per heavy atom. The van der Waals surface area contributed by atoms with E-state index in [4.69, 9.17) is 9.47 Å². The van der Waals surface area contributed by atoms with Crippen molar-refractivity contribution in [1.29, 1.82) is 0 Å². The van der Waals surface area contributed by atoms with Crippen molar-refractivity contribution in [1.82, 2.24) is 10.2 Å². The minimum absolute atomic E-state index is 0.0176. The van der Waals surface area contributed by atoms with E-state index in [0.717, 1.165) is 49.4 Å². The lowest BCUT2D eigenvalue weighted by molar-refractivity contribution is -0.161. The Kier molecular flexibility index (Phi) is 5.93. The topological polar surface area (TPSA) is 50.8 Å². The molecular formula is C23H28N2O3. The number of carbonyl (C=O) groups is 1. The van der Waals surface area contributed by atoms with E-state index in [2.05, 4.69) is 10.2 Å². The van der Waals surface area contributed by atoms with Crippen LogP contribution in [0, 0.1) is 5.92 Å². The van der Waals surface area contributed by atoms with Gasteiger partial charge in [0, 0.05) is 13.1 Å². The summed E-state index contributed by atoms with van der Waals surface area (Å²) in [5, 5.41) is 3.39. The van der Waals surface area contributed by atoms with Crippen LogP contribution in [-0.4, -0.2) is 43.7 Å². The maximum Gasteiger partial charge on any atom is 0.328 e. The second-order valence-electron chi connectivity index (χ2n) is 7.69. The summed E-state index contributed by atoms with van der Waals surface area (Å²) in [6.45, 7) is 3.72. The third kappa shape index (κ3) is 4.37. The number of piperidine rings is 3. The van der Waals surface area contributed by atoms with Gasteiger partial charge in [0.1, 0.15) is 17.9 Å². The number of nitrogens with one attached hydrogen (secondary N) is 1. The minimum Gasteiger partial charge on any atom is -0.497 e. The van der Waals surface area contributed by atoms with Gasteiger partial charge in [-0.15, -0.1) is 0 Å². The first-order valence-electron chi connectivity index (χ1n) is 10.1. The first-order chi connectivity index (χ1) is 13.7. The van der Waals surface area contributed by atoms with Gasteiger partial charge in [0.2, 0.25) is 0 Å². The molecule has 148 valence electrons. The summed E-state index contributed by atoms with van der Waals surface area (Å²) < 4.78 is 11.2. The third-order valence-electron chi connectivity index (χ3n) is 5.90. The van der Waals surface area contributed by atoms with Crippen molar-refractivity contribution >= 4 is 5.97 Å². The number of esters is 1. The lowest BCUT2D eigenvalue weighted by Gasteiger charge is -2.44. The van der Waals surface area contributed by atoms with Gasteiger partial charge in [-0.05, 0) is 55.1 Å². The molecule has 3 heterocycles. The van der Waals surface area contributed by atoms with E-state index >= 15 is 0 Å². The third-order valence-corrected chi connectivity index (χ3v) is 5.90. The monoisotopic (exact) mass is 380 g/mol. The highest BCUT2D eigenvalue weighted by Gasteiger charge is 2.37. The molecule has 2 atom stereocenters. The summed E-state index contributed by atoms with van der Waals surface area (Å²) in [4.78, 5) is 15.5. The standard InChI is InChI=1S/C23H28N2O3/c1-27-20-9-7-17(8-10-20)15-24-22(19-5-3-2-4-6-19)23(26)28-21-16-25-13-11-18(21)12-14-25/h2-10,18,21-22,24H,11-16H2,1H3/t21-,22?/m0/s1. The van der Waals surface area contributed by atoms with E-state index in [1.54, 1.807) is 7.11 Å². The molecule has 28 heavy (non-hydrogen) atoms. The van der Waals surface area contributed by atoms with Gasteiger partial charge >= 0.3 is 5.97 Å². The molecule has 1 N–H and O–H groups in total. The molecule has 3 aliphatic rings. The van der Waals surface area contributed by atoms with Crippen molar-refractivity contribution in [2.45, 2.75) is 31.5 Å². The Labute approximate surface area is 166 Å². The molecule has 1 unspecified atom stereocenters. The molecule has 0 aromatic heterocycles. The molecule has 0 radical (unpaired) electrons. The molecule has 3 aliphatic heterocycles. The van der Waals surface area contributed by atoms with E-state index in [1.165, 1.54) is 0 Å². The van der Waals surface area contributed by atoms with Crippen molar-refractivity contribution in [3.63, 3.8) is 0 Å². The van der Waals surface area contributed by atoms with E-state index < -0.39 is 6.04 Å². The van der Waals surface area contributed by atoms with Gasteiger partial charge in [-0.1, -0.05) is 42.5 Å². The average Bonchev–Trinajstić information content (AvgIpc) is 2.76. The van der Waals surface area contributed by atoms with Crippen LogP contribution in [0.3, 0.4) is 0 Å². The number of nitrogens with zero attached hydrogens (tertiary/aromatic N) is 1. The summed E-state index contributed by atoms with van der Waals surface area (Å²) >= 11 is 0. The summed E-state index contributed by atoms with van der Waals surface area (Å²) in [6.07, 6.45) is 2.28. The fraction of sp³-hybridized carbons (Fsp3) is 0.435. The van der Waals surface area contributed by atoms with Gasteiger partial charge in [-0.3, -0.25) is 10.2 Å². The fourth-order valence-corrected chi connectivity index (χ4v) is 4.21. The number of hydrogen-bond donors (Lipinski definition) is 1. The van der Waals surface area contributed by atoms with Crippen LogP contribution >= 0.6 is 0 Å². The van der Waals surface area contributed by atoms with Crippen LogP contribution in [0.4, 0.5) is 0 Å². The molecular weight excluding hydrogens is 352 g/mol. The summed E-state index contributed by atoms with van der Waals surface area (Å²) in [7, 11) is 1.66. The van der Waals surface area contributed by atoms with Crippen LogP contribution in [0.2, 0.25) is 0 Å². The van der Waals surface area contributed by atoms with Crippen molar-refractivity contribution in [2.75, 3.05) is 26.7 Å². The Balaban J connectivity index is 1.44. The number of hydrogen-bond acceptors (Lipinski definition) is 5. The highest BCUT2D eigenvalue weighted by atomic mass is 16.5. The second kappa shape index (κ2) is 8.76. The van der Waals surface area contributed by atoms with Crippen molar-refractivity contribution < 1.29 is 14.3 Å². The van der Waals surface area contributed by atoms with Crippen LogP contribution in [0.5, 0.6) is 5.75 Å². The van der Waals surface area contributed by atoms with Gasteiger partial charge in [0.05, 0.1) is 7.11 Å². The van der Waals surface area contributed by atoms with E-state index in [-0.39, 0.29) is 12.1 Å².